The second kappa shape index (κ2) is 3.03. The van der Waals surface area contributed by atoms with Gasteiger partial charge in [0.25, 0.3) is 0 Å². The number of furan rings is 1. The predicted molar refractivity (Wildman–Crippen MR) is 51.3 cm³/mol. The molecule has 62 valence electrons. The van der Waals surface area contributed by atoms with Crippen molar-refractivity contribution in [3.05, 3.63) is 17.9 Å². The van der Waals surface area contributed by atoms with Gasteiger partial charge in [-0.15, -0.1) is 11.6 Å². The number of rotatable bonds is 2. The van der Waals surface area contributed by atoms with E-state index < -0.39 is 8.07 Å². The fraction of sp³-hybridized carbons (Fsp3) is 0.500. The van der Waals surface area contributed by atoms with Crippen molar-refractivity contribution >= 4 is 25.1 Å². The number of aryl methyl sites for hydroxylation is 1. The lowest BCUT2D eigenvalue weighted by atomic mass is 10.5. The first-order valence-electron chi connectivity index (χ1n) is 3.69. The largest absolute Gasteiger partial charge is 0.471 e. The van der Waals surface area contributed by atoms with Crippen LogP contribution in [0, 0.1) is 6.92 Å². The lowest BCUT2D eigenvalue weighted by Gasteiger charge is -2.14. The molecule has 0 saturated carbocycles. The minimum Gasteiger partial charge on any atom is -0.471 e. The van der Waals surface area contributed by atoms with Gasteiger partial charge in [0.15, 0.2) is 0 Å². The maximum atomic E-state index is 5.84. The Bertz CT molecular complexity index is 242. The van der Waals surface area contributed by atoms with Gasteiger partial charge in [0.05, 0.1) is 11.1 Å². The summed E-state index contributed by atoms with van der Waals surface area (Å²) < 4.78 is 5.52. The molecular formula is C8H13ClOSi. The van der Waals surface area contributed by atoms with E-state index >= 15 is 0 Å². The van der Waals surface area contributed by atoms with E-state index in [0.717, 1.165) is 16.6 Å². The van der Waals surface area contributed by atoms with Gasteiger partial charge in [-0.1, -0.05) is 13.1 Å². The highest BCUT2D eigenvalue weighted by atomic mass is 35.5. The van der Waals surface area contributed by atoms with Gasteiger partial charge in [0, 0.05) is 5.50 Å². The Kier molecular flexibility index (Phi) is 2.45. The lowest BCUT2D eigenvalue weighted by molar-refractivity contribution is 0.562. The summed E-state index contributed by atoms with van der Waals surface area (Å²) in [7, 11) is -1.43. The van der Waals surface area contributed by atoms with Crippen LogP contribution in [0.4, 0.5) is 0 Å². The Hall–Kier alpha value is -0.213. The van der Waals surface area contributed by atoms with Crippen molar-refractivity contribution in [2.45, 2.75) is 20.0 Å². The Balaban J connectivity index is 2.92. The van der Waals surface area contributed by atoms with E-state index in [-0.39, 0.29) is 0 Å². The molecule has 1 aromatic rings. The average Bonchev–Trinajstić information content (AvgIpc) is 2.36. The van der Waals surface area contributed by atoms with Crippen LogP contribution in [0.2, 0.25) is 13.1 Å². The first-order valence-corrected chi connectivity index (χ1v) is 7.43. The summed E-state index contributed by atoms with van der Waals surface area (Å²) in [5, 5.41) is 1.10. The lowest BCUT2D eigenvalue weighted by Crippen LogP contribution is -2.42. The molecule has 0 aromatic carbocycles. The smallest absolute Gasteiger partial charge is 0.140 e. The Labute approximate surface area is 73.4 Å². The van der Waals surface area contributed by atoms with Gasteiger partial charge >= 0.3 is 0 Å². The minimum atomic E-state index is -1.43. The molecule has 0 atom stereocenters. The zero-order chi connectivity index (χ0) is 8.48. The third-order valence-electron chi connectivity index (χ3n) is 1.74. The molecule has 0 radical (unpaired) electrons. The van der Waals surface area contributed by atoms with Crippen LogP contribution in [0.5, 0.6) is 0 Å². The van der Waals surface area contributed by atoms with Crippen LogP contribution in [0.15, 0.2) is 16.5 Å². The summed E-state index contributed by atoms with van der Waals surface area (Å²) in [5.74, 6) is 0.977. The maximum absolute atomic E-state index is 5.84. The van der Waals surface area contributed by atoms with Crippen LogP contribution in [0.3, 0.4) is 0 Å². The molecule has 3 heteroatoms. The van der Waals surface area contributed by atoms with Crippen LogP contribution < -0.4 is 5.38 Å². The van der Waals surface area contributed by atoms with Gasteiger partial charge in [-0.2, -0.15) is 0 Å². The van der Waals surface area contributed by atoms with Crippen molar-refractivity contribution in [2.75, 3.05) is 5.50 Å². The van der Waals surface area contributed by atoms with Gasteiger partial charge in [0.1, 0.15) is 8.07 Å². The molecule has 1 nitrogen and oxygen atoms in total. The van der Waals surface area contributed by atoms with Crippen molar-refractivity contribution in [2.24, 2.45) is 0 Å². The molecule has 0 aliphatic rings. The number of hydrogen-bond acceptors (Lipinski definition) is 1. The monoisotopic (exact) mass is 188 g/mol. The fourth-order valence-corrected chi connectivity index (χ4v) is 2.36. The van der Waals surface area contributed by atoms with E-state index in [1.54, 1.807) is 0 Å². The molecule has 0 fully saturated rings. The van der Waals surface area contributed by atoms with Crippen LogP contribution in [0.1, 0.15) is 5.76 Å². The van der Waals surface area contributed by atoms with Crippen LogP contribution in [-0.2, 0) is 0 Å². The number of halogens is 1. The highest BCUT2D eigenvalue weighted by Crippen LogP contribution is 2.07. The normalized spacial score (nSPS) is 12.0. The summed E-state index contributed by atoms with van der Waals surface area (Å²) in [6, 6.07) is 4.04. The highest BCUT2D eigenvalue weighted by Gasteiger charge is 2.25. The molecule has 0 saturated heterocycles. The van der Waals surface area contributed by atoms with Gasteiger partial charge < -0.3 is 4.42 Å². The Morgan fingerprint density at radius 3 is 2.45 bits per heavy atom. The van der Waals surface area contributed by atoms with Crippen molar-refractivity contribution in [3.8, 4) is 0 Å². The number of hydrogen-bond donors (Lipinski definition) is 0. The molecule has 0 bridgehead atoms. The van der Waals surface area contributed by atoms with E-state index in [1.165, 1.54) is 0 Å². The predicted octanol–water partition coefficient (Wildman–Crippen LogP) is 2.28. The van der Waals surface area contributed by atoms with Gasteiger partial charge in [-0.05, 0) is 19.1 Å². The first-order chi connectivity index (χ1) is 5.06. The molecule has 11 heavy (non-hydrogen) atoms. The molecule has 1 aromatic heterocycles. The second-order valence-corrected chi connectivity index (χ2v) is 8.76. The molecule has 1 heterocycles. The third-order valence-corrected chi connectivity index (χ3v) is 6.02. The summed E-state index contributed by atoms with van der Waals surface area (Å²) in [6.07, 6.45) is 0. The minimum absolute atomic E-state index is 0.722. The van der Waals surface area contributed by atoms with Crippen molar-refractivity contribution < 1.29 is 4.42 Å². The highest BCUT2D eigenvalue weighted by molar-refractivity contribution is 6.93. The molecule has 0 unspecified atom stereocenters. The van der Waals surface area contributed by atoms with E-state index in [0.29, 0.717) is 0 Å². The Morgan fingerprint density at radius 2 is 2.09 bits per heavy atom. The zero-order valence-electron chi connectivity index (χ0n) is 7.15. The average molecular weight is 189 g/mol. The molecule has 0 N–H and O–H groups in total. The topological polar surface area (TPSA) is 13.1 Å². The van der Waals surface area contributed by atoms with Gasteiger partial charge in [0.2, 0.25) is 0 Å². The molecule has 1 rings (SSSR count). The van der Waals surface area contributed by atoms with Crippen molar-refractivity contribution in [1.29, 1.82) is 0 Å². The molecule has 0 spiro atoms. The van der Waals surface area contributed by atoms with Gasteiger partial charge in [-0.3, -0.25) is 0 Å². The standard InChI is InChI=1S/C8H13ClOSi/c1-7-4-5-8(10-7)11(2,3)6-9/h4-5H,6H2,1-3H3. The molecular weight excluding hydrogens is 176 g/mol. The third kappa shape index (κ3) is 1.88. The van der Waals surface area contributed by atoms with Gasteiger partial charge in [-0.25, -0.2) is 0 Å². The van der Waals surface area contributed by atoms with Crippen LogP contribution in [0.25, 0.3) is 0 Å². The first kappa shape index (κ1) is 8.88. The van der Waals surface area contributed by atoms with Crippen molar-refractivity contribution in [3.63, 3.8) is 0 Å². The number of alkyl halides is 1. The van der Waals surface area contributed by atoms with E-state index in [9.17, 15) is 0 Å². The summed E-state index contributed by atoms with van der Waals surface area (Å²) >= 11 is 5.84. The summed E-state index contributed by atoms with van der Waals surface area (Å²) in [6.45, 7) is 6.37. The van der Waals surface area contributed by atoms with E-state index in [4.69, 9.17) is 16.0 Å². The zero-order valence-corrected chi connectivity index (χ0v) is 8.90. The molecule has 0 aliphatic carbocycles. The fourth-order valence-electron chi connectivity index (χ4n) is 0.864. The summed E-state index contributed by atoms with van der Waals surface area (Å²) in [4.78, 5) is 0. The van der Waals surface area contributed by atoms with Crippen molar-refractivity contribution in [1.82, 2.24) is 0 Å². The summed E-state index contributed by atoms with van der Waals surface area (Å²) in [5.41, 5.74) is 0.722. The van der Waals surface area contributed by atoms with E-state index in [1.807, 2.05) is 19.1 Å². The molecule has 0 aliphatic heterocycles. The maximum Gasteiger partial charge on any atom is 0.140 e. The Morgan fingerprint density at radius 1 is 1.45 bits per heavy atom. The van der Waals surface area contributed by atoms with Crippen LogP contribution >= 0.6 is 11.6 Å². The SMILES string of the molecule is Cc1ccc([Si](C)(C)CCl)o1. The second-order valence-electron chi connectivity index (χ2n) is 3.43. The van der Waals surface area contributed by atoms with Crippen LogP contribution in [-0.4, -0.2) is 13.6 Å². The quantitative estimate of drug-likeness (QED) is 0.513. The van der Waals surface area contributed by atoms with E-state index in [2.05, 4.69) is 13.1 Å². The molecule has 0 amide bonds.